The van der Waals surface area contributed by atoms with Gasteiger partial charge in [-0.05, 0) is 91.4 Å². The Morgan fingerprint density at radius 3 is 1.29 bits per heavy atom. The van der Waals surface area contributed by atoms with Gasteiger partial charge in [-0.3, -0.25) is 0 Å². The van der Waals surface area contributed by atoms with Crippen LogP contribution in [0.2, 0.25) is 0 Å². The Bertz CT molecular complexity index is 882. The molecule has 0 radical (unpaired) electrons. The third-order valence-electron chi connectivity index (χ3n) is 5.38. The van der Waals surface area contributed by atoms with E-state index in [1.54, 1.807) is 6.07 Å². The van der Waals surface area contributed by atoms with Crippen molar-refractivity contribution in [3.8, 4) is 0 Å². The number of anilines is 2. The number of hydrogen-bond donors (Lipinski definition) is 0. The second kappa shape index (κ2) is 8.19. The van der Waals surface area contributed by atoms with E-state index in [0.29, 0.717) is 5.56 Å². The summed E-state index contributed by atoms with van der Waals surface area (Å²) < 4.78 is 24.3. The first-order chi connectivity index (χ1) is 14.0. The van der Waals surface area contributed by atoms with E-state index in [1.165, 1.54) is 16.8 Å². The molecule has 0 N–H and O–H groups in total. The van der Waals surface area contributed by atoms with Crippen molar-refractivity contribution in [2.75, 3.05) is 22.9 Å². The number of rotatable bonds is 5. The van der Waals surface area contributed by atoms with E-state index < -0.39 is 6.85 Å². The topological polar surface area (TPSA) is 6.48 Å². The molecule has 0 atom stereocenters. The zero-order chi connectivity index (χ0) is 23.8. The van der Waals surface area contributed by atoms with Crippen molar-refractivity contribution >= 4 is 11.4 Å². The monoisotopic (exact) mass is 383 g/mol. The van der Waals surface area contributed by atoms with Crippen LogP contribution in [0.4, 0.5) is 11.4 Å². The summed E-state index contributed by atoms with van der Waals surface area (Å²) in [5.74, 6) is 0. The van der Waals surface area contributed by atoms with Gasteiger partial charge in [-0.1, -0.05) is 36.4 Å². The van der Waals surface area contributed by atoms with Crippen LogP contribution in [-0.4, -0.2) is 24.2 Å². The minimum atomic E-state index is -2.15. The molecule has 154 valence electrons. The first-order valence-corrected chi connectivity index (χ1v) is 10.3. The van der Waals surface area contributed by atoms with Gasteiger partial charge in [0.05, 0.1) is 0 Å². The normalized spacial score (nSPS) is 14.2. The Morgan fingerprint density at radius 2 is 0.964 bits per heavy atom. The van der Waals surface area contributed by atoms with Crippen LogP contribution in [-0.2, 0) is 0 Å². The maximum absolute atomic E-state index is 8.11. The third kappa shape index (κ3) is 4.90. The molecule has 0 saturated heterocycles. The lowest BCUT2D eigenvalue weighted by Crippen LogP contribution is -2.51. The van der Waals surface area contributed by atoms with Gasteiger partial charge in [0.1, 0.15) is 0 Å². The second-order valence-electron chi connectivity index (χ2n) is 9.86. The summed E-state index contributed by atoms with van der Waals surface area (Å²) in [5.41, 5.74) is 5.76. The summed E-state index contributed by atoms with van der Waals surface area (Å²) in [7, 11) is 0. The highest BCUT2D eigenvalue weighted by molar-refractivity contribution is 5.62. The van der Waals surface area contributed by atoms with Crippen molar-refractivity contribution in [2.24, 2.45) is 0 Å². The quantitative estimate of drug-likeness (QED) is 0.558. The number of aryl methyl sites for hydroxylation is 4. The lowest BCUT2D eigenvalue weighted by Gasteiger charge is -2.45. The van der Waals surface area contributed by atoms with Crippen LogP contribution in [0.5, 0.6) is 0 Å². The van der Waals surface area contributed by atoms with Crippen molar-refractivity contribution in [1.82, 2.24) is 0 Å². The molecule has 0 fully saturated rings. The van der Waals surface area contributed by atoms with Gasteiger partial charge in [0, 0.05) is 39.7 Å². The van der Waals surface area contributed by atoms with E-state index in [0.717, 1.165) is 24.3 Å². The predicted octanol–water partition coefficient (Wildman–Crippen LogP) is 6.83. The van der Waals surface area contributed by atoms with Crippen LogP contribution in [0.1, 0.15) is 67.9 Å². The van der Waals surface area contributed by atoms with E-state index in [1.807, 2.05) is 19.1 Å². The van der Waals surface area contributed by atoms with Gasteiger partial charge in [0.25, 0.3) is 0 Å². The summed E-state index contributed by atoms with van der Waals surface area (Å²) in [5, 5.41) is 0. The molecule has 0 spiro atoms. The second-order valence-corrected chi connectivity index (χ2v) is 9.86. The van der Waals surface area contributed by atoms with Gasteiger partial charge in [-0.15, -0.1) is 0 Å². The molecule has 0 aliphatic rings. The summed E-state index contributed by atoms with van der Waals surface area (Å²) in [4.78, 5) is 4.74. The number of nitrogens with zero attached hydrogens (tertiary/aromatic N) is 2. The molecule has 2 rings (SSSR count). The molecule has 0 aromatic heterocycles. The molecular weight excluding hydrogens is 340 g/mol. The fraction of sp³-hybridized carbons (Fsp3) is 0.538. The van der Waals surface area contributed by atoms with Gasteiger partial charge in [-0.2, -0.15) is 0 Å². The lowest BCUT2D eigenvalue weighted by molar-refractivity contribution is 0.463. The summed E-state index contributed by atoms with van der Waals surface area (Å²) in [6.45, 7) is 18.9. The molecule has 2 nitrogen and oxygen atoms in total. The molecule has 0 heterocycles. The van der Waals surface area contributed by atoms with Gasteiger partial charge in [0.15, 0.2) is 0 Å². The van der Waals surface area contributed by atoms with E-state index in [-0.39, 0.29) is 11.1 Å². The van der Waals surface area contributed by atoms with E-state index in [2.05, 4.69) is 83.4 Å². The molecule has 0 aliphatic carbocycles. The molecule has 0 amide bonds. The van der Waals surface area contributed by atoms with Gasteiger partial charge >= 0.3 is 0 Å². The van der Waals surface area contributed by atoms with Gasteiger partial charge < -0.3 is 9.80 Å². The van der Waals surface area contributed by atoms with Crippen molar-refractivity contribution in [1.29, 1.82) is 0 Å². The molecule has 0 saturated carbocycles. The Morgan fingerprint density at radius 1 is 0.643 bits per heavy atom. The Labute approximate surface area is 177 Å². The van der Waals surface area contributed by atoms with Crippen molar-refractivity contribution in [2.45, 2.75) is 80.2 Å². The van der Waals surface area contributed by atoms with Gasteiger partial charge in [0.2, 0.25) is 0 Å². The van der Waals surface area contributed by atoms with Crippen LogP contribution in [0.15, 0.2) is 36.4 Å². The number of benzene rings is 2. The average Bonchev–Trinajstić information content (AvgIpc) is 2.58. The molecule has 2 aromatic rings. The van der Waals surface area contributed by atoms with Crippen LogP contribution < -0.4 is 9.80 Å². The lowest BCUT2D eigenvalue weighted by atomic mass is 9.98. The van der Waals surface area contributed by atoms with E-state index in [4.69, 9.17) is 4.11 Å². The van der Waals surface area contributed by atoms with E-state index in [9.17, 15) is 0 Å². The van der Waals surface area contributed by atoms with Crippen LogP contribution in [0.25, 0.3) is 0 Å². The first-order valence-electron chi connectivity index (χ1n) is 11.8. The minimum Gasteiger partial charge on any atom is -0.364 e. The average molecular weight is 384 g/mol. The summed E-state index contributed by atoms with van der Waals surface area (Å²) in [6, 6.07) is 12.0. The minimum absolute atomic E-state index is 0.0704. The Hall–Kier alpha value is -1.96. The largest absolute Gasteiger partial charge is 0.364 e. The maximum Gasteiger partial charge on any atom is 0.0430 e. The zero-order valence-electron chi connectivity index (χ0n) is 22.3. The molecule has 2 heteroatoms. The zero-order valence-corrected chi connectivity index (χ0v) is 19.3. The summed E-state index contributed by atoms with van der Waals surface area (Å²) in [6.07, 6.45) is 0. The highest BCUT2D eigenvalue weighted by atomic mass is 15.3. The van der Waals surface area contributed by atoms with Crippen molar-refractivity contribution in [3.05, 3.63) is 58.7 Å². The SMILES string of the molecule is [2H]C([2H])([2H])c1cccc(C)c1N(CCN(c1c(C)cccc1C)C(C)(C)C)C(C)(C)C. The Kier molecular flexibility index (Phi) is 5.29. The molecule has 0 aliphatic heterocycles. The highest BCUT2D eigenvalue weighted by Gasteiger charge is 2.28. The molecule has 0 unspecified atom stereocenters. The molecular formula is C26H40N2. The number of para-hydroxylation sites is 2. The van der Waals surface area contributed by atoms with Crippen molar-refractivity contribution < 1.29 is 4.11 Å². The predicted molar refractivity (Wildman–Crippen MR) is 126 cm³/mol. The van der Waals surface area contributed by atoms with E-state index >= 15 is 0 Å². The summed E-state index contributed by atoms with van der Waals surface area (Å²) >= 11 is 0. The maximum atomic E-state index is 8.11. The van der Waals surface area contributed by atoms with Crippen LogP contribution in [0.3, 0.4) is 0 Å². The fourth-order valence-corrected chi connectivity index (χ4v) is 4.01. The molecule has 2 aromatic carbocycles. The molecule has 28 heavy (non-hydrogen) atoms. The van der Waals surface area contributed by atoms with Crippen molar-refractivity contribution in [3.63, 3.8) is 0 Å². The molecule has 0 bridgehead atoms. The van der Waals surface area contributed by atoms with Gasteiger partial charge in [-0.25, -0.2) is 0 Å². The smallest absolute Gasteiger partial charge is 0.0430 e. The highest BCUT2D eigenvalue weighted by Crippen LogP contribution is 2.33. The third-order valence-corrected chi connectivity index (χ3v) is 5.38. The Balaban J connectivity index is 2.54. The van der Waals surface area contributed by atoms with Crippen LogP contribution in [0, 0.1) is 27.6 Å². The fourth-order valence-electron chi connectivity index (χ4n) is 4.01. The standard InChI is InChI=1S/C26H40N2/c1-19-13-11-14-20(2)23(19)27(25(5,6)7)17-18-28(26(8,9)10)24-21(3)15-12-16-22(24)4/h11-16H,17-18H2,1-10H3/i1D3. The number of hydrogen-bond acceptors (Lipinski definition) is 2. The van der Waals surface area contributed by atoms with Crippen LogP contribution >= 0.6 is 0 Å². The first kappa shape index (κ1) is 18.1.